The van der Waals surface area contributed by atoms with E-state index in [4.69, 9.17) is 27.7 Å². The number of carboxylic acids is 2. The lowest BCUT2D eigenvalue weighted by molar-refractivity contribution is -0.148. The van der Waals surface area contributed by atoms with Gasteiger partial charge in [0.05, 0.1) is 12.8 Å². The molecule has 3 rings (SSSR count). The molecule has 15 N–H and O–H groups in total. The quantitative estimate of drug-likeness (QED) is 0.0380. The molecular weight excluding hydrogens is 983 g/mol. The van der Waals surface area contributed by atoms with Gasteiger partial charge in [-0.25, -0.2) is 0 Å². The molecule has 0 aromatic heterocycles. The summed E-state index contributed by atoms with van der Waals surface area (Å²) in [4.78, 5) is 156. The van der Waals surface area contributed by atoms with Gasteiger partial charge < -0.3 is 74.3 Å². The van der Waals surface area contributed by atoms with Crippen LogP contribution in [0.3, 0.4) is 0 Å². The van der Waals surface area contributed by atoms with Crippen LogP contribution in [0.5, 0.6) is 11.5 Å². The van der Waals surface area contributed by atoms with Gasteiger partial charge >= 0.3 is 11.9 Å². The Bertz CT molecular complexity index is 2380. The van der Waals surface area contributed by atoms with E-state index in [9.17, 15) is 67.7 Å². The second-order valence-electron chi connectivity index (χ2n) is 18.4. The van der Waals surface area contributed by atoms with Crippen LogP contribution in [-0.4, -0.2) is 154 Å². The van der Waals surface area contributed by atoms with Gasteiger partial charge in [-0.05, 0) is 106 Å². The van der Waals surface area contributed by atoms with Gasteiger partial charge in [0, 0.05) is 56.6 Å². The predicted octanol–water partition coefficient (Wildman–Crippen LogP) is -1.28. The van der Waals surface area contributed by atoms with Crippen LogP contribution >= 0.6 is 0 Å². The lowest BCUT2D eigenvalue weighted by Crippen LogP contribution is -2.60. The number of hydrogen-bond acceptors (Lipinski definition) is 14. The number of amides is 10. The van der Waals surface area contributed by atoms with Crippen molar-refractivity contribution in [1.82, 2.24) is 36.4 Å². The number of rotatable bonds is 32. The fourth-order valence-electron chi connectivity index (χ4n) is 8.12. The summed E-state index contributed by atoms with van der Waals surface area (Å²) in [5.41, 5.74) is 22.4. The van der Waals surface area contributed by atoms with Gasteiger partial charge in [-0.15, -0.1) is 0 Å². The minimum Gasteiger partial charge on any atom is -0.481 e. The van der Waals surface area contributed by atoms with Crippen LogP contribution in [0.2, 0.25) is 0 Å². The van der Waals surface area contributed by atoms with Gasteiger partial charge in [0.1, 0.15) is 41.7 Å². The normalized spacial score (nSPS) is 14.9. The zero-order valence-corrected chi connectivity index (χ0v) is 42.2. The Kier molecular flexibility index (Phi) is 24.6. The SMILES string of the molecule is CC(C)C[C@H](NC(=O)[C@H](CCN)NC(=O)[C@H](CC(=O)O)NC(=O)[C@H](CC(N)=O)NC(=O)CCCCNC(=O)c1ccc(Oc2ccc(C(N)=O)cc2)cc1)C(=O)N(C)[C@@H](CCC(=O)O)C(=O)N1CCC[C@H]1CC(N)=O. The third-order valence-electron chi connectivity index (χ3n) is 11.9. The average Bonchev–Trinajstić information content (AvgIpc) is 3.79. The number of carboxylic acid groups (broad SMARTS) is 2. The van der Waals surface area contributed by atoms with E-state index < -0.39 is 127 Å². The van der Waals surface area contributed by atoms with Crippen molar-refractivity contribution in [1.29, 1.82) is 0 Å². The summed E-state index contributed by atoms with van der Waals surface area (Å²) < 4.78 is 5.72. The maximum absolute atomic E-state index is 14.2. The number of benzene rings is 2. The van der Waals surface area contributed by atoms with E-state index >= 15 is 0 Å². The van der Waals surface area contributed by atoms with Gasteiger partial charge in [0.25, 0.3) is 5.91 Å². The van der Waals surface area contributed by atoms with Gasteiger partial charge in [-0.1, -0.05) is 13.8 Å². The van der Waals surface area contributed by atoms with Crippen molar-refractivity contribution in [2.75, 3.05) is 26.7 Å². The second kappa shape index (κ2) is 30.1. The first-order valence-electron chi connectivity index (χ1n) is 24.3. The van der Waals surface area contributed by atoms with Crippen LogP contribution in [0.15, 0.2) is 48.5 Å². The maximum Gasteiger partial charge on any atom is 0.305 e. The number of nitrogens with zero attached hydrogens (tertiary/aromatic N) is 2. The molecule has 2 aromatic rings. The van der Waals surface area contributed by atoms with E-state index in [1.165, 1.54) is 36.2 Å². The first-order chi connectivity index (χ1) is 35.4. The number of nitrogens with two attached hydrogens (primary N) is 4. The molecule has 1 aliphatic rings. The Morgan fingerprint density at radius 2 is 1.25 bits per heavy atom. The van der Waals surface area contributed by atoms with Gasteiger partial charge in [-0.3, -0.25) is 57.5 Å². The van der Waals surface area contributed by atoms with Crippen molar-refractivity contribution in [2.24, 2.45) is 28.9 Å². The summed E-state index contributed by atoms with van der Waals surface area (Å²) in [6.07, 6.45) is -1.67. The van der Waals surface area contributed by atoms with Crippen molar-refractivity contribution >= 4 is 71.0 Å². The molecule has 75 heavy (non-hydrogen) atoms. The standard InChI is InChI=1S/C49H69N11O15/c1-27(2)23-36(48(73)59(3)37(17-18-41(64)65)49(74)60-22-6-7-30(60)24-38(51)61)58-45(70)33(19-20-50)56-47(72)35(26-42(66)67)57-46(71)34(25-39(52)62)55-40(63)8-4-5-21-54-44(69)29-11-15-32(16-12-29)75-31-13-9-28(10-14-31)43(53)68/h9-16,27,30,33-37H,4-8,17-26,50H2,1-3H3,(H2,51,61)(H2,52,62)(H2,53,68)(H,54,69)(H,55,63)(H,56,72)(H,57,71)(H,58,70)(H,64,65)(H,66,67)/t30-,33-,34-,35-,36-,37-/m0/s1. The van der Waals surface area contributed by atoms with Crippen molar-refractivity contribution in [3.63, 3.8) is 0 Å². The maximum atomic E-state index is 14.2. The predicted molar refractivity (Wildman–Crippen MR) is 267 cm³/mol. The zero-order valence-electron chi connectivity index (χ0n) is 42.2. The van der Waals surface area contributed by atoms with Crippen molar-refractivity contribution < 1.29 is 72.5 Å². The van der Waals surface area contributed by atoms with Gasteiger partial charge in [0.15, 0.2) is 0 Å². The fraction of sp³-hybridized carbons (Fsp3) is 0.510. The molecule has 1 aliphatic heterocycles. The van der Waals surface area contributed by atoms with E-state index in [2.05, 4.69) is 26.6 Å². The highest BCUT2D eigenvalue weighted by Crippen LogP contribution is 2.25. The molecule has 26 nitrogen and oxygen atoms in total. The molecule has 0 saturated carbocycles. The topological polar surface area (TPSA) is 425 Å². The highest BCUT2D eigenvalue weighted by molar-refractivity contribution is 5.99. The molecular formula is C49H69N11O15. The number of ether oxygens (including phenoxy) is 1. The summed E-state index contributed by atoms with van der Waals surface area (Å²) in [7, 11) is 1.28. The molecule has 1 saturated heterocycles. The molecule has 1 fully saturated rings. The summed E-state index contributed by atoms with van der Waals surface area (Å²) in [5.74, 6) is -10.3. The molecule has 410 valence electrons. The fourth-order valence-corrected chi connectivity index (χ4v) is 8.12. The minimum absolute atomic E-state index is 0.000168. The highest BCUT2D eigenvalue weighted by atomic mass is 16.5. The lowest BCUT2D eigenvalue weighted by Gasteiger charge is -2.35. The first-order valence-corrected chi connectivity index (χ1v) is 24.3. The number of hydrogen-bond donors (Lipinski definition) is 11. The summed E-state index contributed by atoms with van der Waals surface area (Å²) in [5, 5.41) is 31.4. The average molecular weight is 1050 g/mol. The van der Waals surface area contributed by atoms with E-state index in [-0.39, 0.29) is 64.1 Å². The minimum atomic E-state index is -1.89. The first kappa shape index (κ1) is 61.1. The molecule has 2 aromatic carbocycles. The lowest BCUT2D eigenvalue weighted by atomic mass is 9.99. The Labute approximate surface area is 432 Å². The van der Waals surface area contributed by atoms with Crippen LogP contribution in [0.4, 0.5) is 0 Å². The molecule has 0 radical (unpaired) electrons. The van der Waals surface area contributed by atoms with Gasteiger partial charge in [-0.2, -0.15) is 0 Å². The van der Waals surface area contributed by atoms with Gasteiger partial charge in [0.2, 0.25) is 53.2 Å². The molecule has 10 amide bonds. The number of nitrogens with one attached hydrogen (secondary N) is 5. The Hall–Kier alpha value is -8.16. The third-order valence-corrected chi connectivity index (χ3v) is 11.9. The van der Waals surface area contributed by atoms with E-state index in [1.54, 1.807) is 38.1 Å². The molecule has 0 aliphatic carbocycles. The molecule has 26 heteroatoms. The highest BCUT2D eigenvalue weighted by Gasteiger charge is 2.40. The van der Waals surface area contributed by atoms with E-state index in [0.717, 1.165) is 4.90 Å². The Morgan fingerprint density at radius 3 is 1.79 bits per heavy atom. The molecule has 0 unspecified atom stereocenters. The summed E-state index contributed by atoms with van der Waals surface area (Å²) in [6, 6.07) is 4.05. The van der Waals surface area contributed by atoms with E-state index in [1.807, 2.05) is 0 Å². The number of primary amides is 3. The Balaban J connectivity index is 1.64. The van der Waals surface area contributed by atoms with Crippen LogP contribution in [0.1, 0.15) is 112 Å². The molecule has 0 bridgehead atoms. The summed E-state index contributed by atoms with van der Waals surface area (Å²) in [6.45, 7) is 3.66. The molecule has 6 atom stereocenters. The van der Waals surface area contributed by atoms with Crippen LogP contribution in [0, 0.1) is 5.92 Å². The second-order valence-corrected chi connectivity index (χ2v) is 18.4. The zero-order chi connectivity index (χ0) is 55.9. The van der Waals surface area contributed by atoms with Crippen LogP contribution in [0.25, 0.3) is 0 Å². The van der Waals surface area contributed by atoms with Crippen LogP contribution < -0.4 is 54.3 Å². The smallest absolute Gasteiger partial charge is 0.305 e. The third kappa shape index (κ3) is 20.7. The molecule has 0 spiro atoms. The number of likely N-dealkylation sites (N-methyl/N-ethyl adjacent to an activating group) is 1. The number of carbonyl (C=O) groups is 12. The number of aliphatic carboxylic acids is 2. The monoisotopic (exact) mass is 1050 g/mol. The molecule has 1 heterocycles. The largest absolute Gasteiger partial charge is 0.481 e. The Morgan fingerprint density at radius 1 is 0.693 bits per heavy atom. The van der Waals surface area contributed by atoms with Crippen molar-refractivity contribution in [3.8, 4) is 11.5 Å². The summed E-state index contributed by atoms with van der Waals surface area (Å²) >= 11 is 0. The van der Waals surface area contributed by atoms with Crippen LogP contribution in [-0.2, 0) is 47.9 Å². The van der Waals surface area contributed by atoms with Crippen molar-refractivity contribution in [2.45, 2.75) is 127 Å². The number of carbonyl (C=O) groups excluding carboxylic acids is 10. The number of unbranched alkanes of at least 4 members (excludes halogenated alkanes) is 1. The van der Waals surface area contributed by atoms with Crippen molar-refractivity contribution in [3.05, 3.63) is 59.7 Å². The van der Waals surface area contributed by atoms with E-state index in [0.29, 0.717) is 41.9 Å². The number of likely N-dealkylation sites (tertiary alicyclic amines) is 1.